The van der Waals surface area contributed by atoms with Crippen molar-refractivity contribution in [3.05, 3.63) is 0 Å². The Morgan fingerprint density at radius 3 is 2.37 bits per heavy atom. The van der Waals surface area contributed by atoms with E-state index >= 15 is 0 Å². The number of nitrogens with one attached hydrogen (secondary N) is 2. The smallest absolute Gasteiger partial charge is 0.239 e. The molecule has 0 heterocycles. The van der Waals surface area contributed by atoms with Crippen LogP contribution in [-0.2, 0) is 9.59 Å². The van der Waals surface area contributed by atoms with E-state index in [0.29, 0.717) is 11.8 Å². The van der Waals surface area contributed by atoms with E-state index in [1.165, 1.54) is 12.8 Å². The van der Waals surface area contributed by atoms with Gasteiger partial charge in [-0.3, -0.25) is 9.59 Å². The summed E-state index contributed by atoms with van der Waals surface area (Å²) in [4.78, 5) is 23.6. The summed E-state index contributed by atoms with van der Waals surface area (Å²) in [6, 6.07) is 0.253. The van der Waals surface area contributed by atoms with E-state index < -0.39 is 5.41 Å². The van der Waals surface area contributed by atoms with Gasteiger partial charge in [-0.15, -0.1) is 0 Å². The summed E-state index contributed by atoms with van der Waals surface area (Å²) in [6.07, 6.45) is 3.46. The molecule has 1 rings (SSSR count). The molecule has 1 aliphatic carbocycles. The van der Waals surface area contributed by atoms with Crippen LogP contribution in [0.1, 0.15) is 53.9 Å². The molecule has 1 aliphatic rings. The predicted molar refractivity (Wildman–Crippen MR) is 76.6 cm³/mol. The molecule has 4 heteroatoms. The number of carbonyl (C=O) groups excluding carboxylic acids is 2. The molecule has 0 spiro atoms. The Hall–Kier alpha value is -1.06. The first-order chi connectivity index (χ1) is 8.71. The van der Waals surface area contributed by atoms with Gasteiger partial charge in [0.2, 0.25) is 11.8 Å². The summed E-state index contributed by atoms with van der Waals surface area (Å²) in [7, 11) is 0. The van der Waals surface area contributed by atoms with Gasteiger partial charge in [0, 0.05) is 11.5 Å². The van der Waals surface area contributed by atoms with Crippen LogP contribution < -0.4 is 10.6 Å². The minimum atomic E-state index is -0.451. The molecule has 0 aromatic carbocycles. The molecule has 0 aromatic rings. The molecule has 3 atom stereocenters. The Bertz CT molecular complexity index is 334. The number of rotatable bonds is 3. The van der Waals surface area contributed by atoms with Gasteiger partial charge in [0.1, 0.15) is 0 Å². The minimum Gasteiger partial charge on any atom is -0.352 e. The fourth-order valence-electron chi connectivity index (χ4n) is 2.47. The molecular formula is C15H28N2O2. The van der Waals surface area contributed by atoms with Gasteiger partial charge in [0.15, 0.2) is 0 Å². The van der Waals surface area contributed by atoms with E-state index in [4.69, 9.17) is 0 Å². The lowest BCUT2D eigenvalue weighted by atomic mass is 9.78. The summed E-state index contributed by atoms with van der Waals surface area (Å²) in [5, 5.41) is 5.74. The van der Waals surface area contributed by atoms with E-state index in [1.54, 1.807) is 0 Å². The molecule has 4 nitrogen and oxygen atoms in total. The van der Waals surface area contributed by atoms with E-state index in [-0.39, 0.29) is 24.4 Å². The largest absolute Gasteiger partial charge is 0.352 e. The van der Waals surface area contributed by atoms with Crippen molar-refractivity contribution < 1.29 is 9.59 Å². The zero-order chi connectivity index (χ0) is 14.6. The van der Waals surface area contributed by atoms with Crippen molar-refractivity contribution in [3.63, 3.8) is 0 Å². The SMILES string of the molecule is CC1CCCC(NC(=O)CNC(=O)C(C)(C)C)C1C. The summed E-state index contributed by atoms with van der Waals surface area (Å²) in [6.45, 7) is 10.0. The van der Waals surface area contributed by atoms with Crippen LogP contribution in [-0.4, -0.2) is 24.4 Å². The fraction of sp³-hybridized carbons (Fsp3) is 0.867. The third-order valence-electron chi connectivity index (χ3n) is 4.14. The second-order valence-electron chi connectivity index (χ2n) is 6.87. The van der Waals surface area contributed by atoms with Gasteiger partial charge >= 0.3 is 0 Å². The lowest BCUT2D eigenvalue weighted by molar-refractivity contribution is -0.131. The lowest BCUT2D eigenvalue weighted by Gasteiger charge is -2.34. The van der Waals surface area contributed by atoms with Crippen LogP contribution in [0.15, 0.2) is 0 Å². The van der Waals surface area contributed by atoms with Crippen LogP contribution in [0, 0.1) is 17.3 Å². The van der Waals surface area contributed by atoms with Crippen molar-refractivity contribution in [2.24, 2.45) is 17.3 Å². The number of carbonyl (C=O) groups is 2. The average Bonchev–Trinajstić information content (AvgIpc) is 2.30. The van der Waals surface area contributed by atoms with Crippen LogP contribution in [0.2, 0.25) is 0 Å². The van der Waals surface area contributed by atoms with Gasteiger partial charge in [-0.1, -0.05) is 47.5 Å². The normalized spacial score (nSPS) is 27.7. The first-order valence-corrected chi connectivity index (χ1v) is 7.29. The second kappa shape index (κ2) is 6.40. The van der Waals surface area contributed by atoms with Crippen molar-refractivity contribution in [3.8, 4) is 0 Å². The molecule has 110 valence electrons. The second-order valence-corrected chi connectivity index (χ2v) is 6.87. The number of hydrogen-bond acceptors (Lipinski definition) is 2. The van der Waals surface area contributed by atoms with Gasteiger partial charge in [-0.2, -0.15) is 0 Å². The minimum absolute atomic E-state index is 0.0771. The van der Waals surface area contributed by atoms with Gasteiger partial charge < -0.3 is 10.6 Å². The molecule has 19 heavy (non-hydrogen) atoms. The van der Waals surface area contributed by atoms with Crippen LogP contribution in [0.3, 0.4) is 0 Å². The molecule has 0 radical (unpaired) electrons. The van der Waals surface area contributed by atoms with Crippen molar-refractivity contribution in [1.29, 1.82) is 0 Å². The summed E-state index contributed by atoms with van der Waals surface area (Å²) < 4.78 is 0. The summed E-state index contributed by atoms with van der Waals surface area (Å²) in [5.41, 5.74) is -0.451. The Balaban J connectivity index is 2.37. The van der Waals surface area contributed by atoms with E-state index in [1.807, 2.05) is 20.8 Å². The summed E-state index contributed by atoms with van der Waals surface area (Å²) in [5.74, 6) is 0.996. The Morgan fingerprint density at radius 1 is 1.16 bits per heavy atom. The van der Waals surface area contributed by atoms with Gasteiger partial charge in [0.05, 0.1) is 6.54 Å². The van der Waals surface area contributed by atoms with Crippen molar-refractivity contribution in [1.82, 2.24) is 10.6 Å². The van der Waals surface area contributed by atoms with Crippen molar-refractivity contribution in [2.75, 3.05) is 6.54 Å². The standard InChI is InChI=1S/C15H28N2O2/c1-10-7-6-8-12(11(10)2)17-13(18)9-16-14(19)15(3,4)5/h10-12H,6-9H2,1-5H3,(H,16,19)(H,17,18). The van der Waals surface area contributed by atoms with E-state index in [0.717, 1.165) is 6.42 Å². The zero-order valence-electron chi connectivity index (χ0n) is 12.9. The maximum atomic E-state index is 11.9. The van der Waals surface area contributed by atoms with Gasteiger partial charge in [-0.05, 0) is 18.3 Å². The molecule has 0 aliphatic heterocycles. The van der Waals surface area contributed by atoms with Crippen LogP contribution in [0.4, 0.5) is 0 Å². The maximum Gasteiger partial charge on any atom is 0.239 e. The topological polar surface area (TPSA) is 58.2 Å². The van der Waals surface area contributed by atoms with Crippen LogP contribution in [0.5, 0.6) is 0 Å². The number of hydrogen-bond donors (Lipinski definition) is 2. The van der Waals surface area contributed by atoms with Crippen LogP contribution >= 0.6 is 0 Å². The zero-order valence-corrected chi connectivity index (χ0v) is 12.9. The first-order valence-electron chi connectivity index (χ1n) is 7.29. The highest BCUT2D eigenvalue weighted by Gasteiger charge is 2.28. The van der Waals surface area contributed by atoms with Gasteiger partial charge in [-0.25, -0.2) is 0 Å². The Kier molecular flexibility index (Phi) is 5.39. The monoisotopic (exact) mass is 268 g/mol. The Morgan fingerprint density at radius 2 is 1.79 bits per heavy atom. The predicted octanol–water partition coefficient (Wildman–Crippen LogP) is 2.09. The maximum absolute atomic E-state index is 11.9. The first kappa shape index (κ1) is 16.0. The molecule has 0 saturated heterocycles. The Labute approximate surface area is 116 Å². The molecule has 1 saturated carbocycles. The van der Waals surface area contributed by atoms with Crippen molar-refractivity contribution in [2.45, 2.75) is 59.9 Å². The highest BCUT2D eigenvalue weighted by molar-refractivity contribution is 5.87. The van der Waals surface area contributed by atoms with Gasteiger partial charge in [0.25, 0.3) is 0 Å². The number of amides is 2. The average molecular weight is 268 g/mol. The van der Waals surface area contributed by atoms with E-state index in [9.17, 15) is 9.59 Å². The quantitative estimate of drug-likeness (QED) is 0.823. The lowest BCUT2D eigenvalue weighted by Crippen LogP contribution is -2.48. The molecular weight excluding hydrogens is 240 g/mol. The molecule has 2 N–H and O–H groups in total. The fourth-order valence-corrected chi connectivity index (χ4v) is 2.47. The highest BCUT2D eigenvalue weighted by Crippen LogP contribution is 2.29. The third-order valence-corrected chi connectivity index (χ3v) is 4.14. The van der Waals surface area contributed by atoms with E-state index in [2.05, 4.69) is 24.5 Å². The molecule has 2 amide bonds. The van der Waals surface area contributed by atoms with Crippen LogP contribution in [0.25, 0.3) is 0 Å². The van der Waals surface area contributed by atoms with Crippen molar-refractivity contribution >= 4 is 11.8 Å². The molecule has 0 aromatic heterocycles. The molecule has 3 unspecified atom stereocenters. The summed E-state index contributed by atoms with van der Waals surface area (Å²) >= 11 is 0. The molecule has 1 fully saturated rings. The third kappa shape index (κ3) is 4.84. The highest BCUT2D eigenvalue weighted by atomic mass is 16.2. The molecule has 0 bridgehead atoms.